The quantitative estimate of drug-likeness (QED) is 0.406. The molecule has 3 aromatic rings. The van der Waals surface area contributed by atoms with Crippen LogP contribution in [0.5, 0.6) is 0 Å². The van der Waals surface area contributed by atoms with Gasteiger partial charge in [0.1, 0.15) is 11.6 Å². The number of carbonyl (C=O) groups excluding carboxylic acids is 2. The molecule has 3 aromatic carbocycles. The van der Waals surface area contributed by atoms with Crippen molar-refractivity contribution < 1.29 is 18.4 Å². The van der Waals surface area contributed by atoms with E-state index in [4.69, 9.17) is 0 Å². The van der Waals surface area contributed by atoms with Crippen LogP contribution in [0.15, 0.2) is 96.6 Å². The van der Waals surface area contributed by atoms with Gasteiger partial charge < -0.3 is 0 Å². The summed E-state index contributed by atoms with van der Waals surface area (Å²) < 4.78 is 27.7. The normalized spacial score (nSPS) is 25.2. The van der Waals surface area contributed by atoms with Crippen LogP contribution in [0, 0.1) is 35.3 Å². The van der Waals surface area contributed by atoms with Gasteiger partial charge in [0.15, 0.2) is 0 Å². The second-order valence-corrected chi connectivity index (χ2v) is 8.69. The second-order valence-electron chi connectivity index (χ2n) is 8.69. The van der Waals surface area contributed by atoms with Gasteiger partial charge in [-0.25, -0.2) is 13.7 Å². The fourth-order valence-electron chi connectivity index (χ4n) is 5.73. The summed E-state index contributed by atoms with van der Waals surface area (Å²) in [6, 6.07) is 22.7. The molecule has 162 valence electrons. The molecule has 33 heavy (non-hydrogen) atoms. The van der Waals surface area contributed by atoms with Crippen LogP contribution in [-0.2, 0) is 9.59 Å². The molecule has 1 saturated carbocycles. The molecule has 0 radical (unpaired) electrons. The smallest absolute Gasteiger partial charge is 0.238 e. The molecule has 4 atom stereocenters. The molecule has 0 aromatic heterocycles. The zero-order valence-corrected chi connectivity index (χ0v) is 17.5. The number of amides is 2. The molecule has 0 N–H and O–H groups in total. The van der Waals surface area contributed by atoms with Crippen molar-refractivity contribution in [2.75, 3.05) is 4.90 Å². The SMILES string of the molecule is O=C1[C@@H]2[C@H](C(=O)N1c1cc(F)cc(F)c1)[C@H]1C=C[C@H]2C1=C(c1ccccc1)c1ccccc1. The minimum Gasteiger partial charge on any atom is -0.274 e. The monoisotopic (exact) mass is 439 g/mol. The van der Waals surface area contributed by atoms with Crippen molar-refractivity contribution >= 4 is 23.1 Å². The predicted molar refractivity (Wildman–Crippen MR) is 121 cm³/mol. The molecule has 2 fully saturated rings. The summed E-state index contributed by atoms with van der Waals surface area (Å²) in [6.07, 6.45) is 4.02. The largest absolute Gasteiger partial charge is 0.274 e. The highest BCUT2D eigenvalue weighted by atomic mass is 19.1. The topological polar surface area (TPSA) is 37.4 Å². The average molecular weight is 439 g/mol. The van der Waals surface area contributed by atoms with Gasteiger partial charge in [-0.15, -0.1) is 0 Å². The van der Waals surface area contributed by atoms with Crippen LogP contribution < -0.4 is 4.90 Å². The Morgan fingerprint density at radius 3 is 1.58 bits per heavy atom. The first-order chi connectivity index (χ1) is 16.0. The molecule has 0 spiro atoms. The Bertz CT molecular complexity index is 1250. The Hall–Kier alpha value is -3.86. The molecule has 5 heteroatoms. The zero-order chi connectivity index (χ0) is 22.7. The van der Waals surface area contributed by atoms with Gasteiger partial charge >= 0.3 is 0 Å². The standard InChI is InChI=1S/C28H19F2NO2/c29-18-13-19(30)15-20(14-18)31-27(32)25-21-11-12-22(26(25)28(31)33)24(21)23(16-7-3-1-4-8-16)17-9-5-2-6-10-17/h1-15,21-22,25-26H/t21-,22-,25-,26+/m0/s1. The van der Waals surface area contributed by atoms with Crippen LogP contribution in [0.25, 0.3) is 5.57 Å². The molecule has 1 saturated heterocycles. The van der Waals surface area contributed by atoms with Crippen LogP contribution >= 0.6 is 0 Å². The zero-order valence-electron chi connectivity index (χ0n) is 17.5. The number of benzene rings is 3. The van der Waals surface area contributed by atoms with E-state index < -0.39 is 35.3 Å². The van der Waals surface area contributed by atoms with Gasteiger partial charge in [-0.2, -0.15) is 0 Å². The second kappa shape index (κ2) is 7.34. The van der Waals surface area contributed by atoms with Crippen LogP contribution in [0.4, 0.5) is 14.5 Å². The third-order valence-corrected chi connectivity index (χ3v) is 6.93. The number of halogens is 2. The summed E-state index contributed by atoms with van der Waals surface area (Å²) in [5, 5.41) is 0. The van der Waals surface area contributed by atoms with Crippen LogP contribution in [0.1, 0.15) is 11.1 Å². The lowest BCUT2D eigenvalue weighted by Crippen LogP contribution is -2.33. The van der Waals surface area contributed by atoms with E-state index in [1.165, 1.54) is 0 Å². The first-order valence-corrected chi connectivity index (χ1v) is 10.9. The number of rotatable bonds is 3. The molecule has 0 unspecified atom stereocenters. The lowest BCUT2D eigenvalue weighted by atomic mass is 9.85. The van der Waals surface area contributed by atoms with E-state index in [2.05, 4.69) is 0 Å². The van der Waals surface area contributed by atoms with Gasteiger partial charge in [0.05, 0.1) is 17.5 Å². The molecule has 6 rings (SSSR count). The Balaban J connectivity index is 1.49. The van der Waals surface area contributed by atoms with E-state index in [9.17, 15) is 18.4 Å². The van der Waals surface area contributed by atoms with Crippen molar-refractivity contribution in [3.8, 4) is 0 Å². The van der Waals surface area contributed by atoms with Crippen molar-refractivity contribution in [2.24, 2.45) is 23.7 Å². The van der Waals surface area contributed by atoms with Crippen molar-refractivity contribution in [1.29, 1.82) is 0 Å². The fourth-order valence-corrected chi connectivity index (χ4v) is 5.73. The third-order valence-electron chi connectivity index (χ3n) is 6.93. The number of imide groups is 1. The molecule has 2 bridgehead atoms. The Kier molecular flexibility index (Phi) is 4.40. The van der Waals surface area contributed by atoms with Crippen LogP contribution in [0.3, 0.4) is 0 Å². The summed E-state index contributed by atoms with van der Waals surface area (Å²) in [4.78, 5) is 27.9. The number of carbonyl (C=O) groups is 2. The highest BCUT2D eigenvalue weighted by Crippen LogP contribution is 2.58. The Morgan fingerprint density at radius 2 is 1.12 bits per heavy atom. The predicted octanol–water partition coefficient (Wildman–Crippen LogP) is 5.39. The Labute approximate surface area is 189 Å². The highest BCUT2D eigenvalue weighted by Gasteiger charge is 2.62. The first-order valence-electron chi connectivity index (χ1n) is 10.9. The summed E-state index contributed by atoms with van der Waals surface area (Å²) in [6.45, 7) is 0. The lowest BCUT2D eigenvalue weighted by Gasteiger charge is -2.21. The van der Waals surface area contributed by atoms with Crippen molar-refractivity contribution in [3.05, 3.63) is 119 Å². The molecule has 1 aliphatic heterocycles. The van der Waals surface area contributed by atoms with Gasteiger partial charge in [-0.1, -0.05) is 72.8 Å². The number of hydrogen-bond acceptors (Lipinski definition) is 2. The van der Waals surface area contributed by atoms with Crippen molar-refractivity contribution in [2.45, 2.75) is 0 Å². The fraction of sp³-hybridized carbons (Fsp3) is 0.143. The van der Waals surface area contributed by atoms with Gasteiger partial charge in [0.25, 0.3) is 0 Å². The average Bonchev–Trinajstić information content (AvgIpc) is 3.44. The summed E-state index contributed by atoms with van der Waals surface area (Å²) in [7, 11) is 0. The van der Waals surface area contributed by atoms with Gasteiger partial charge in [0.2, 0.25) is 11.8 Å². The van der Waals surface area contributed by atoms with Crippen LogP contribution in [0.2, 0.25) is 0 Å². The molecule has 2 amide bonds. The van der Waals surface area contributed by atoms with Crippen molar-refractivity contribution in [3.63, 3.8) is 0 Å². The number of fused-ring (bicyclic) bond motifs is 5. The van der Waals surface area contributed by atoms with Crippen molar-refractivity contribution in [1.82, 2.24) is 0 Å². The van der Waals surface area contributed by atoms with Gasteiger partial charge in [-0.05, 0) is 34.4 Å². The van der Waals surface area contributed by atoms with Gasteiger partial charge in [-0.3, -0.25) is 9.59 Å². The molecule has 1 heterocycles. The van der Waals surface area contributed by atoms with Gasteiger partial charge in [0, 0.05) is 17.9 Å². The van der Waals surface area contributed by atoms with E-state index in [1.54, 1.807) is 0 Å². The van der Waals surface area contributed by atoms with E-state index in [1.807, 2.05) is 72.8 Å². The maximum absolute atomic E-state index is 13.8. The van der Waals surface area contributed by atoms with Crippen LogP contribution in [-0.4, -0.2) is 11.8 Å². The van der Waals surface area contributed by atoms with E-state index in [0.29, 0.717) is 0 Å². The van der Waals surface area contributed by atoms with E-state index in [0.717, 1.165) is 45.4 Å². The molecule has 2 aliphatic carbocycles. The van der Waals surface area contributed by atoms with E-state index in [-0.39, 0.29) is 17.5 Å². The first kappa shape index (κ1) is 19.8. The number of nitrogens with zero attached hydrogens (tertiary/aromatic N) is 1. The lowest BCUT2D eigenvalue weighted by molar-refractivity contribution is -0.122. The molecule has 3 aliphatic rings. The number of hydrogen-bond donors (Lipinski definition) is 0. The van der Waals surface area contributed by atoms with E-state index >= 15 is 0 Å². The summed E-state index contributed by atoms with van der Waals surface area (Å²) in [5.74, 6) is -4.06. The maximum atomic E-state index is 13.8. The minimum absolute atomic E-state index is 0.0480. The summed E-state index contributed by atoms with van der Waals surface area (Å²) in [5.41, 5.74) is 4.11. The maximum Gasteiger partial charge on any atom is 0.238 e. The molecular weight excluding hydrogens is 420 g/mol. The third kappa shape index (κ3) is 2.92. The number of anilines is 1. The highest BCUT2D eigenvalue weighted by molar-refractivity contribution is 6.23. The Morgan fingerprint density at radius 1 is 0.667 bits per heavy atom. The molecule has 3 nitrogen and oxygen atoms in total. The number of allylic oxidation sites excluding steroid dienone is 3. The molecular formula is C28H19F2NO2. The minimum atomic E-state index is -0.820. The summed E-state index contributed by atoms with van der Waals surface area (Å²) >= 11 is 0.